The third kappa shape index (κ3) is 4.33. The lowest BCUT2D eigenvalue weighted by molar-refractivity contribution is -0.136. The van der Waals surface area contributed by atoms with Crippen molar-refractivity contribution in [3.8, 4) is 0 Å². The molecule has 3 aromatic carbocycles. The van der Waals surface area contributed by atoms with Gasteiger partial charge >= 0.3 is 11.8 Å². The summed E-state index contributed by atoms with van der Waals surface area (Å²) in [6.07, 6.45) is 2.23. The summed E-state index contributed by atoms with van der Waals surface area (Å²) in [4.78, 5) is 27.0. The molecule has 1 atom stereocenters. The molecule has 0 aliphatic carbocycles. The molecule has 0 saturated carbocycles. The zero-order chi connectivity index (χ0) is 20.9. The Morgan fingerprint density at radius 1 is 0.900 bits per heavy atom. The average molecular weight is 405 g/mol. The Hall–Kier alpha value is -3.25. The molecule has 1 saturated heterocycles. The van der Waals surface area contributed by atoms with Crippen molar-refractivity contribution >= 4 is 28.3 Å². The number of fused-ring (bicyclic) bond motifs is 1. The van der Waals surface area contributed by atoms with Crippen LogP contribution in [-0.2, 0) is 9.59 Å². The van der Waals surface area contributed by atoms with Gasteiger partial charge < -0.3 is 10.6 Å². The number of para-hydroxylation sites is 1. The van der Waals surface area contributed by atoms with Crippen LogP contribution < -0.4 is 10.6 Å². The fourth-order valence-electron chi connectivity index (χ4n) is 4.04. The first-order valence-electron chi connectivity index (χ1n) is 10.2. The zero-order valence-electron chi connectivity index (χ0n) is 16.6. The van der Waals surface area contributed by atoms with Crippen molar-refractivity contribution in [2.24, 2.45) is 0 Å². The SMILES string of the molecule is O=C(NC[C@@H](c1cccc2ccccc12)N1CCCC1)C(=O)Nc1ccccc1F. The van der Waals surface area contributed by atoms with Crippen LogP contribution in [0.25, 0.3) is 10.8 Å². The third-order valence-electron chi connectivity index (χ3n) is 5.55. The fraction of sp³-hybridized carbons (Fsp3) is 0.250. The van der Waals surface area contributed by atoms with Crippen LogP contribution in [0.2, 0.25) is 0 Å². The first-order valence-corrected chi connectivity index (χ1v) is 10.2. The van der Waals surface area contributed by atoms with Crippen LogP contribution in [0.4, 0.5) is 10.1 Å². The van der Waals surface area contributed by atoms with Crippen molar-refractivity contribution < 1.29 is 14.0 Å². The molecule has 2 amide bonds. The van der Waals surface area contributed by atoms with E-state index in [1.54, 1.807) is 6.07 Å². The lowest BCUT2D eigenvalue weighted by Crippen LogP contribution is -2.41. The molecule has 2 N–H and O–H groups in total. The first kappa shape index (κ1) is 20.0. The van der Waals surface area contributed by atoms with Crippen molar-refractivity contribution in [2.75, 3.05) is 25.0 Å². The Morgan fingerprint density at radius 2 is 1.60 bits per heavy atom. The van der Waals surface area contributed by atoms with Crippen molar-refractivity contribution in [3.63, 3.8) is 0 Å². The average Bonchev–Trinajstić information content (AvgIpc) is 3.30. The number of hydrogen-bond acceptors (Lipinski definition) is 3. The van der Waals surface area contributed by atoms with E-state index in [0.717, 1.165) is 42.3 Å². The minimum absolute atomic E-state index is 0.0113. The van der Waals surface area contributed by atoms with E-state index in [2.05, 4.69) is 39.8 Å². The van der Waals surface area contributed by atoms with Crippen molar-refractivity contribution in [1.82, 2.24) is 10.2 Å². The van der Waals surface area contributed by atoms with Gasteiger partial charge in [0.15, 0.2) is 0 Å². The van der Waals surface area contributed by atoms with Gasteiger partial charge in [0, 0.05) is 6.54 Å². The molecule has 0 spiro atoms. The van der Waals surface area contributed by atoms with E-state index >= 15 is 0 Å². The molecule has 0 bridgehead atoms. The molecule has 0 unspecified atom stereocenters. The minimum atomic E-state index is -0.877. The fourth-order valence-corrected chi connectivity index (χ4v) is 4.04. The van der Waals surface area contributed by atoms with Crippen molar-refractivity contribution in [1.29, 1.82) is 0 Å². The second kappa shape index (κ2) is 9.05. The van der Waals surface area contributed by atoms with E-state index in [-0.39, 0.29) is 11.7 Å². The molecule has 3 aromatic rings. The number of benzene rings is 3. The van der Waals surface area contributed by atoms with Crippen molar-refractivity contribution in [2.45, 2.75) is 18.9 Å². The quantitative estimate of drug-likeness (QED) is 0.634. The number of hydrogen-bond donors (Lipinski definition) is 2. The third-order valence-corrected chi connectivity index (χ3v) is 5.55. The topological polar surface area (TPSA) is 61.4 Å². The maximum atomic E-state index is 13.7. The van der Waals surface area contributed by atoms with Gasteiger partial charge in [-0.3, -0.25) is 14.5 Å². The van der Waals surface area contributed by atoms with Crippen molar-refractivity contribution in [3.05, 3.63) is 78.1 Å². The highest BCUT2D eigenvalue weighted by molar-refractivity contribution is 6.39. The highest BCUT2D eigenvalue weighted by atomic mass is 19.1. The number of likely N-dealkylation sites (tertiary alicyclic amines) is 1. The van der Waals surface area contributed by atoms with Gasteiger partial charge in [-0.2, -0.15) is 0 Å². The molecule has 1 fully saturated rings. The summed E-state index contributed by atoms with van der Waals surface area (Å²) in [6.45, 7) is 2.20. The highest BCUT2D eigenvalue weighted by Gasteiger charge is 2.26. The molecular formula is C24H24FN3O2. The van der Waals surface area contributed by atoms with Crippen LogP contribution in [0.15, 0.2) is 66.7 Å². The molecular weight excluding hydrogens is 381 g/mol. The Bertz CT molecular complexity index is 1060. The van der Waals surface area contributed by atoms with Crippen LogP contribution in [0.1, 0.15) is 24.4 Å². The number of nitrogens with one attached hydrogen (secondary N) is 2. The zero-order valence-corrected chi connectivity index (χ0v) is 16.6. The Morgan fingerprint density at radius 3 is 2.40 bits per heavy atom. The molecule has 6 heteroatoms. The maximum Gasteiger partial charge on any atom is 0.313 e. The number of nitrogens with zero attached hydrogens (tertiary/aromatic N) is 1. The van der Waals surface area contributed by atoms with Gasteiger partial charge in [0.25, 0.3) is 0 Å². The normalized spacial score (nSPS) is 15.1. The molecule has 1 aliphatic heterocycles. The molecule has 5 nitrogen and oxygen atoms in total. The van der Waals surface area contributed by atoms with Gasteiger partial charge in [-0.1, -0.05) is 54.6 Å². The highest BCUT2D eigenvalue weighted by Crippen LogP contribution is 2.30. The summed E-state index contributed by atoms with van der Waals surface area (Å²) in [5.41, 5.74) is 1.12. The summed E-state index contributed by atoms with van der Waals surface area (Å²) in [5.74, 6) is -2.23. The second-order valence-corrected chi connectivity index (χ2v) is 7.47. The van der Waals surface area contributed by atoms with E-state index in [0.29, 0.717) is 6.54 Å². The van der Waals surface area contributed by atoms with Gasteiger partial charge in [0.05, 0.1) is 11.7 Å². The molecule has 154 valence electrons. The van der Waals surface area contributed by atoms with Crippen LogP contribution in [-0.4, -0.2) is 36.3 Å². The van der Waals surface area contributed by atoms with Crippen LogP contribution in [0.5, 0.6) is 0 Å². The molecule has 0 aromatic heterocycles. The summed E-state index contributed by atoms with van der Waals surface area (Å²) < 4.78 is 13.7. The second-order valence-electron chi connectivity index (χ2n) is 7.47. The molecule has 1 aliphatic rings. The van der Waals surface area contributed by atoms with Gasteiger partial charge in [-0.25, -0.2) is 4.39 Å². The molecule has 1 heterocycles. The van der Waals surface area contributed by atoms with Gasteiger partial charge in [-0.05, 0) is 54.4 Å². The standard InChI is InChI=1S/C24H24FN3O2/c25-20-12-3-4-13-21(20)27-24(30)23(29)26-16-22(28-14-5-6-15-28)19-11-7-9-17-8-1-2-10-18(17)19/h1-4,7-13,22H,5-6,14-16H2,(H,26,29)(H,27,30)/t22-/m0/s1. The predicted molar refractivity (Wildman–Crippen MR) is 116 cm³/mol. The number of halogens is 1. The number of rotatable bonds is 5. The number of carbonyl (C=O) groups excluding carboxylic acids is 2. The lowest BCUT2D eigenvalue weighted by Gasteiger charge is -2.29. The van der Waals surface area contributed by atoms with Crippen LogP contribution in [0, 0.1) is 5.82 Å². The van der Waals surface area contributed by atoms with Gasteiger partial charge in [0.2, 0.25) is 0 Å². The van der Waals surface area contributed by atoms with Gasteiger partial charge in [0.1, 0.15) is 5.82 Å². The Kier molecular flexibility index (Phi) is 6.05. The Balaban J connectivity index is 1.51. The van der Waals surface area contributed by atoms with Crippen LogP contribution >= 0.6 is 0 Å². The molecule has 30 heavy (non-hydrogen) atoms. The molecule has 0 radical (unpaired) electrons. The van der Waals surface area contributed by atoms with E-state index in [4.69, 9.17) is 0 Å². The number of carbonyl (C=O) groups is 2. The van der Waals surface area contributed by atoms with Gasteiger partial charge in [-0.15, -0.1) is 0 Å². The summed E-state index contributed by atoms with van der Waals surface area (Å²) in [5, 5.41) is 7.36. The minimum Gasteiger partial charge on any atom is -0.346 e. The summed E-state index contributed by atoms with van der Waals surface area (Å²) in [7, 11) is 0. The number of amides is 2. The van der Waals surface area contributed by atoms with E-state index in [1.165, 1.54) is 18.2 Å². The maximum absolute atomic E-state index is 13.7. The monoisotopic (exact) mass is 405 g/mol. The number of anilines is 1. The predicted octanol–water partition coefficient (Wildman–Crippen LogP) is 3.87. The summed E-state index contributed by atoms with van der Waals surface area (Å²) >= 11 is 0. The summed E-state index contributed by atoms with van der Waals surface area (Å²) in [6, 6.07) is 20.1. The Labute approximate surface area is 174 Å². The first-order chi connectivity index (χ1) is 14.6. The van der Waals surface area contributed by atoms with Crippen LogP contribution in [0.3, 0.4) is 0 Å². The lowest BCUT2D eigenvalue weighted by atomic mass is 9.97. The van der Waals surface area contributed by atoms with E-state index < -0.39 is 17.6 Å². The van der Waals surface area contributed by atoms with E-state index in [1.807, 2.05) is 18.2 Å². The smallest absolute Gasteiger partial charge is 0.313 e. The largest absolute Gasteiger partial charge is 0.346 e. The van der Waals surface area contributed by atoms with E-state index in [9.17, 15) is 14.0 Å². The molecule has 4 rings (SSSR count).